The topological polar surface area (TPSA) is 92.5 Å². The van der Waals surface area contributed by atoms with Gasteiger partial charge in [0.1, 0.15) is 0 Å². The fourth-order valence-electron chi connectivity index (χ4n) is 2.82. The maximum atomic E-state index is 12.2. The number of hydrogen-bond donors (Lipinski definition) is 2. The van der Waals surface area contributed by atoms with E-state index in [4.69, 9.17) is 5.73 Å². The minimum atomic E-state index is -3.16. The van der Waals surface area contributed by atoms with E-state index in [1.165, 1.54) is 6.26 Å². The minimum Gasteiger partial charge on any atom is -0.343 e. The lowest BCUT2D eigenvalue weighted by atomic mass is 9.96. The molecular formula is C14H29N3O3S. The molecule has 1 aliphatic heterocycles. The lowest BCUT2D eigenvalue weighted by molar-refractivity contribution is -0.132. The van der Waals surface area contributed by atoms with Crippen LogP contribution >= 0.6 is 0 Å². The molecule has 1 unspecified atom stereocenters. The molecule has 1 saturated heterocycles. The molecular weight excluding hydrogens is 290 g/mol. The Hall–Kier alpha value is -0.660. The molecule has 21 heavy (non-hydrogen) atoms. The van der Waals surface area contributed by atoms with Gasteiger partial charge < -0.3 is 10.6 Å². The normalized spacial score (nSPS) is 18.7. The Morgan fingerprint density at radius 2 is 1.95 bits per heavy atom. The molecule has 1 amide bonds. The Morgan fingerprint density at radius 1 is 1.33 bits per heavy atom. The Labute approximate surface area is 128 Å². The Balaban J connectivity index is 2.31. The van der Waals surface area contributed by atoms with E-state index in [2.05, 4.69) is 11.6 Å². The van der Waals surface area contributed by atoms with Crippen LogP contribution < -0.4 is 10.5 Å². The summed E-state index contributed by atoms with van der Waals surface area (Å²) in [6.45, 7) is 4.09. The molecule has 0 bridgehead atoms. The monoisotopic (exact) mass is 319 g/mol. The van der Waals surface area contributed by atoms with E-state index < -0.39 is 10.0 Å². The van der Waals surface area contributed by atoms with Crippen molar-refractivity contribution in [2.75, 3.05) is 25.9 Å². The summed E-state index contributed by atoms with van der Waals surface area (Å²) in [7, 11) is -3.16. The first kappa shape index (κ1) is 18.4. The molecule has 3 N–H and O–H groups in total. The van der Waals surface area contributed by atoms with Crippen LogP contribution in [0, 0.1) is 5.92 Å². The third kappa shape index (κ3) is 7.24. The summed E-state index contributed by atoms with van der Waals surface area (Å²) < 4.78 is 25.0. The lowest BCUT2D eigenvalue weighted by Gasteiger charge is -2.32. The Kier molecular flexibility index (Phi) is 7.62. The highest BCUT2D eigenvalue weighted by atomic mass is 32.2. The van der Waals surface area contributed by atoms with Gasteiger partial charge in [0.2, 0.25) is 15.9 Å². The first-order valence-electron chi connectivity index (χ1n) is 7.80. The number of rotatable bonds is 8. The van der Waals surface area contributed by atoms with Crippen LogP contribution in [0.1, 0.15) is 45.4 Å². The maximum Gasteiger partial charge on any atom is 0.222 e. The van der Waals surface area contributed by atoms with Crippen LogP contribution in [0.3, 0.4) is 0 Å². The van der Waals surface area contributed by atoms with Gasteiger partial charge in [-0.3, -0.25) is 4.79 Å². The van der Waals surface area contributed by atoms with Crippen molar-refractivity contribution in [1.29, 1.82) is 0 Å². The zero-order valence-corrected chi connectivity index (χ0v) is 14.0. The van der Waals surface area contributed by atoms with Crippen molar-refractivity contribution >= 4 is 15.9 Å². The standard InChI is InChI=1S/C14H29N3O3S/c1-3-12(6-9-15)4-5-14(18)17-10-7-13(8-11-17)16-21(2,19)20/h12-13,16H,3-11,15H2,1-2H3. The molecule has 1 fully saturated rings. The van der Waals surface area contributed by atoms with E-state index in [-0.39, 0.29) is 11.9 Å². The highest BCUT2D eigenvalue weighted by Gasteiger charge is 2.24. The van der Waals surface area contributed by atoms with Gasteiger partial charge in [0, 0.05) is 25.6 Å². The van der Waals surface area contributed by atoms with Crippen molar-refractivity contribution in [2.24, 2.45) is 11.7 Å². The number of nitrogens with two attached hydrogens (primary N) is 1. The van der Waals surface area contributed by atoms with E-state index in [0.717, 1.165) is 19.3 Å². The highest BCUT2D eigenvalue weighted by molar-refractivity contribution is 7.88. The van der Waals surface area contributed by atoms with E-state index in [1.807, 2.05) is 4.90 Å². The number of piperidine rings is 1. The summed E-state index contributed by atoms with van der Waals surface area (Å²) in [6, 6.07) is -0.0373. The Morgan fingerprint density at radius 3 is 2.43 bits per heavy atom. The average Bonchev–Trinajstić information content (AvgIpc) is 2.42. The summed E-state index contributed by atoms with van der Waals surface area (Å²) in [6.07, 6.45) is 6.07. The van der Waals surface area contributed by atoms with Crippen molar-refractivity contribution in [2.45, 2.75) is 51.5 Å². The van der Waals surface area contributed by atoms with E-state index in [1.54, 1.807) is 0 Å². The molecule has 0 spiro atoms. The molecule has 124 valence electrons. The van der Waals surface area contributed by atoms with Gasteiger partial charge in [-0.05, 0) is 38.1 Å². The average molecular weight is 319 g/mol. The molecule has 1 aliphatic rings. The smallest absolute Gasteiger partial charge is 0.222 e. The van der Waals surface area contributed by atoms with Gasteiger partial charge in [-0.15, -0.1) is 0 Å². The van der Waals surface area contributed by atoms with E-state index >= 15 is 0 Å². The number of sulfonamides is 1. The van der Waals surface area contributed by atoms with Crippen LogP contribution in [0.5, 0.6) is 0 Å². The molecule has 0 aliphatic carbocycles. The van der Waals surface area contributed by atoms with E-state index in [9.17, 15) is 13.2 Å². The molecule has 7 heteroatoms. The van der Waals surface area contributed by atoms with Crippen molar-refractivity contribution in [3.63, 3.8) is 0 Å². The number of carbonyl (C=O) groups is 1. The minimum absolute atomic E-state index is 0.0373. The SMILES string of the molecule is CCC(CCN)CCC(=O)N1CCC(NS(C)(=O)=O)CC1. The van der Waals surface area contributed by atoms with Gasteiger partial charge in [0.15, 0.2) is 0 Å². The van der Waals surface area contributed by atoms with Gasteiger partial charge in [0.25, 0.3) is 0 Å². The second-order valence-corrected chi connectivity index (χ2v) is 7.72. The van der Waals surface area contributed by atoms with Crippen LogP contribution in [0.4, 0.5) is 0 Å². The third-order valence-electron chi connectivity index (χ3n) is 4.15. The lowest BCUT2D eigenvalue weighted by Crippen LogP contribution is -2.46. The van der Waals surface area contributed by atoms with Crippen LogP contribution in [0.15, 0.2) is 0 Å². The summed E-state index contributed by atoms with van der Waals surface area (Å²) in [4.78, 5) is 14.0. The zero-order valence-electron chi connectivity index (χ0n) is 13.2. The number of hydrogen-bond acceptors (Lipinski definition) is 4. The molecule has 1 rings (SSSR count). The molecule has 0 aromatic carbocycles. The van der Waals surface area contributed by atoms with E-state index in [0.29, 0.717) is 44.8 Å². The van der Waals surface area contributed by atoms with Gasteiger partial charge in [-0.2, -0.15) is 0 Å². The van der Waals surface area contributed by atoms with Gasteiger partial charge in [-0.25, -0.2) is 13.1 Å². The first-order valence-corrected chi connectivity index (χ1v) is 9.70. The summed E-state index contributed by atoms with van der Waals surface area (Å²) in [5.74, 6) is 0.715. The number of likely N-dealkylation sites (tertiary alicyclic amines) is 1. The van der Waals surface area contributed by atoms with Crippen LogP contribution in [0.25, 0.3) is 0 Å². The molecule has 1 atom stereocenters. The predicted octanol–water partition coefficient (Wildman–Crippen LogP) is 0.682. The van der Waals surface area contributed by atoms with Gasteiger partial charge in [-0.1, -0.05) is 13.3 Å². The molecule has 0 aromatic rings. The molecule has 0 saturated carbocycles. The van der Waals surface area contributed by atoms with Crippen LogP contribution in [-0.2, 0) is 14.8 Å². The van der Waals surface area contributed by atoms with Crippen LogP contribution in [-0.4, -0.2) is 51.2 Å². The number of nitrogens with zero attached hydrogens (tertiary/aromatic N) is 1. The van der Waals surface area contributed by atoms with Crippen molar-refractivity contribution in [3.8, 4) is 0 Å². The largest absolute Gasteiger partial charge is 0.343 e. The zero-order chi connectivity index (χ0) is 15.9. The summed E-state index contributed by atoms with van der Waals surface area (Å²) >= 11 is 0. The third-order valence-corrected chi connectivity index (χ3v) is 4.91. The van der Waals surface area contributed by atoms with Gasteiger partial charge >= 0.3 is 0 Å². The fraction of sp³-hybridized carbons (Fsp3) is 0.929. The first-order chi connectivity index (χ1) is 9.85. The van der Waals surface area contributed by atoms with Gasteiger partial charge in [0.05, 0.1) is 6.26 Å². The predicted molar refractivity (Wildman–Crippen MR) is 84.3 cm³/mol. The van der Waals surface area contributed by atoms with Crippen LogP contribution in [0.2, 0.25) is 0 Å². The molecule has 0 radical (unpaired) electrons. The summed E-state index contributed by atoms with van der Waals surface area (Å²) in [5, 5.41) is 0. The highest BCUT2D eigenvalue weighted by Crippen LogP contribution is 2.17. The fourth-order valence-corrected chi connectivity index (χ4v) is 3.66. The molecule has 0 aromatic heterocycles. The molecule has 6 nitrogen and oxygen atoms in total. The molecule has 1 heterocycles. The Bertz CT molecular complexity index is 417. The second-order valence-electron chi connectivity index (χ2n) is 5.94. The van der Waals surface area contributed by atoms with Crippen molar-refractivity contribution in [1.82, 2.24) is 9.62 Å². The van der Waals surface area contributed by atoms with Crippen molar-refractivity contribution in [3.05, 3.63) is 0 Å². The number of nitrogens with one attached hydrogen (secondary N) is 1. The number of amides is 1. The summed E-state index contributed by atoms with van der Waals surface area (Å²) in [5.41, 5.74) is 5.57. The van der Waals surface area contributed by atoms with Crippen molar-refractivity contribution < 1.29 is 13.2 Å². The maximum absolute atomic E-state index is 12.2. The number of carbonyl (C=O) groups excluding carboxylic acids is 1. The quantitative estimate of drug-likeness (QED) is 0.688. The second kappa shape index (κ2) is 8.70.